The first kappa shape index (κ1) is 18.7. The first-order valence-corrected chi connectivity index (χ1v) is 10.1. The van der Waals surface area contributed by atoms with Crippen molar-refractivity contribution in [3.8, 4) is 0 Å². The van der Waals surface area contributed by atoms with E-state index in [0.717, 1.165) is 32.1 Å². The fourth-order valence-electron chi connectivity index (χ4n) is 4.59. The van der Waals surface area contributed by atoms with Crippen molar-refractivity contribution in [3.63, 3.8) is 0 Å². The number of imide groups is 1. The Hall–Kier alpha value is -2.70. The molecule has 0 bridgehead atoms. The van der Waals surface area contributed by atoms with E-state index in [1.807, 2.05) is 12.1 Å². The van der Waals surface area contributed by atoms with E-state index in [1.165, 1.54) is 4.90 Å². The summed E-state index contributed by atoms with van der Waals surface area (Å²) in [5.41, 5.74) is 1.27. The number of rotatable bonds is 5. The molecule has 1 N–H and O–H groups in total. The maximum atomic E-state index is 12.5. The number of likely N-dealkylation sites (tertiary alicyclic amines) is 1. The molecule has 4 rings (SSSR count). The van der Waals surface area contributed by atoms with Gasteiger partial charge >= 0.3 is 0 Å². The highest BCUT2D eigenvalue weighted by atomic mass is 16.2. The molecule has 2 atom stereocenters. The van der Waals surface area contributed by atoms with Crippen LogP contribution in [0.1, 0.15) is 44.9 Å². The van der Waals surface area contributed by atoms with Crippen molar-refractivity contribution >= 4 is 35.0 Å². The summed E-state index contributed by atoms with van der Waals surface area (Å²) >= 11 is 0. The highest BCUT2D eigenvalue weighted by Gasteiger charge is 2.47. The van der Waals surface area contributed by atoms with Crippen LogP contribution in [0.15, 0.2) is 24.3 Å². The van der Waals surface area contributed by atoms with Gasteiger partial charge in [-0.05, 0) is 31.4 Å². The number of nitrogens with one attached hydrogen (secondary N) is 1. The Bertz CT molecular complexity index is 798. The van der Waals surface area contributed by atoms with Gasteiger partial charge in [0.05, 0.1) is 23.2 Å². The number of fused-ring (bicyclic) bond motifs is 1. The van der Waals surface area contributed by atoms with E-state index in [-0.39, 0.29) is 48.4 Å². The second-order valence-electron chi connectivity index (χ2n) is 7.79. The largest absolute Gasteiger partial charge is 0.324 e. The van der Waals surface area contributed by atoms with Crippen LogP contribution in [-0.4, -0.2) is 41.6 Å². The van der Waals surface area contributed by atoms with E-state index in [0.29, 0.717) is 24.3 Å². The number of carbonyl (C=O) groups is 4. The third-order valence-corrected chi connectivity index (χ3v) is 6.04. The molecule has 3 aliphatic rings. The van der Waals surface area contributed by atoms with Crippen LogP contribution < -0.4 is 10.2 Å². The fourth-order valence-corrected chi connectivity index (χ4v) is 4.59. The predicted molar refractivity (Wildman–Crippen MR) is 103 cm³/mol. The first-order valence-electron chi connectivity index (χ1n) is 10.1. The van der Waals surface area contributed by atoms with Gasteiger partial charge < -0.3 is 10.2 Å². The van der Waals surface area contributed by atoms with Crippen LogP contribution in [0.5, 0.6) is 0 Å². The van der Waals surface area contributed by atoms with Crippen LogP contribution in [0.4, 0.5) is 11.4 Å². The number of para-hydroxylation sites is 2. The number of benzene rings is 1. The third kappa shape index (κ3) is 3.41. The van der Waals surface area contributed by atoms with Crippen molar-refractivity contribution in [2.24, 2.45) is 11.8 Å². The van der Waals surface area contributed by atoms with Crippen molar-refractivity contribution in [3.05, 3.63) is 24.3 Å². The summed E-state index contributed by atoms with van der Waals surface area (Å²) in [4.78, 5) is 52.5. The van der Waals surface area contributed by atoms with Gasteiger partial charge in [0.25, 0.3) is 0 Å². The van der Waals surface area contributed by atoms with Gasteiger partial charge in [0.1, 0.15) is 0 Å². The maximum Gasteiger partial charge on any atom is 0.233 e. The monoisotopic (exact) mass is 383 g/mol. The molecule has 1 aliphatic carbocycles. The Kier molecular flexibility index (Phi) is 5.15. The molecule has 0 unspecified atom stereocenters. The van der Waals surface area contributed by atoms with Gasteiger partial charge in [-0.1, -0.05) is 25.0 Å². The summed E-state index contributed by atoms with van der Waals surface area (Å²) < 4.78 is 0. The minimum Gasteiger partial charge on any atom is -0.324 e. The number of hydrogen-bond acceptors (Lipinski definition) is 4. The second kappa shape index (κ2) is 7.73. The van der Waals surface area contributed by atoms with E-state index >= 15 is 0 Å². The standard InChI is InChI=1S/C21H25N3O4/c25-18(11-13-24-20(27)14-6-1-2-7-15(14)21(24)28)22-16-8-3-4-9-17(16)23-12-5-10-19(23)26/h3-4,8-9,14-15H,1-2,5-7,10-13H2,(H,22,25)/t14-,15+. The van der Waals surface area contributed by atoms with Gasteiger partial charge in [-0.15, -0.1) is 0 Å². The number of nitrogens with zero attached hydrogens (tertiary/aromatic N) is 2. The zero-order valence-corrected chi connectivity index (χ0v) is 15.9. The number of amides is 4. The summed E-state index contributed by atoms with van der Waals surface area (Å²) in [5, 5.41) is 2.84. The molecule has 28 heavy (non-hydrogen) atoms. The molecule has 0 radical (unpaired) electrons. The highest BCUT2D eigenvalue weighted by molar-refractivity contribution is 6.06. The third-order valence-electron chi connectivity index (χ3n) is 6.04. The molecule has 0 spiro atoms. The molecule has 148 valence electrons. The Morgan fingerprint density at radius 3 is 2.32 bits per heavy atom. The molecule has 4 amide bonds. The van der Waals surface area contributed by atoms with Crippen LogP contribution in [0.3, 0.4) is 0 Å². The average Bonchev–Trinajstić information content (AvgIpc) is 3.23. The summed E-state index contributed by atoms with van der Waals surface area (Å²) in [6.45, 7) is 0.757. The molecule has 1 aromatic rings. The molecular weight excluding hydrogens is 358 g/mol. The highest BCUT2D eigenvalue weighted by Crippen LogP contribution is 2.38. The van der Waals surface area contributed by atoms with Crippen LogP contribution in [0.2, 0.25) is 0 Å². The van der Waals surface area contributed by atoms with Crippen molar-refractivity contribution in [1.29, 1.82) is 0 Å². The Balaban J connectivity index is 1.39. The van der Waals surface area contributed by atoms with Crippen LogP contribution in [0, 0.1) is 11.8 Å². The Labute approximate surface area is 164 Å². The fraction of sp³-hybridized carbons (Fsp3) is 0.524. The summed E-state index contributed by atoms with van der Waals surface area (Å²) in [5.74, 6) is -0.833. The second-order valence-corrected chi connectivity index (χ2v) is 7.79. The van der Waals surface area contributed by atoms with Gasteiger partial charge in [0.15, 0.2) is 0 Å². The normalized spacial score (nSPS) is 24.6. The Morgan fingerprint density at radius 1 is 1.00 bits per heavy atom. The summed E-state index contributed by atoms with van der Waals surface area (Å²) in [6, 6.07) is 7.22. The Morgan fingerprint density at radius 2 is 1.68 bits per heavy atom. The average molecular weight is 383 g/mol. The van der Waals surface area contributed by atoms with Crippen LogP contribution in [0.25, 0.3) is 0 Å². The molecule has 2 aliphatic heterocycles. The van der Waals surface area contributed by atoms with E-state index < -0.39 is 0 Å². The van der Waals surface area contributed by atoms with E-state index in [9.17, 15) is 19.2 Å². The van der Waals surface area contributed by atoms with Gasteiger partial charge in [-0.25, -0.2) is 0 Å². The summed E-state index contributed by atoms with van der Waals surface area (Å²) in [6.07, 6.45) is 4.90. The lowest BCUT2D eigenvalue weighted by molar-refractivity contribution is -0.140. The van der Waals surface area contributed by atoms with Gasteiger partial charge in [-0.2, -0.15) is 0 Å². The number of hydrogen-bond donors (Lipinski definition) is 1. The molecule has 2 heterocycles. The predicted octanol–water partition coefficient (Wildman–Crippen LogP) is 2.32. The molecule has 7 nitrogen and oxygen atoms in total. The molecule has 1 saturated carbocycles. The van der Waals surface area contributed by atoms with E-state index in [1.54, 1.807) is 17.0 Å². The lowest BCUT2D eigenvalue weighted by Crippen LogP contribution is -2.34. The zero-order chi connectivity index (χ0) is 19.7. The zero-order valence-electron chi connectivity index (χ0n) is 15.9. The van der Waals surface area contributed by atoms with Gasteiger partial charge in [0, 0.05) is 25.9 Å². The first-order chi connectivity index (χ1) is 13.6. The molecular formula is C21H25N3O4. The van der Waals surface area contributed by atoms with Gasteiger partial charge in [0.2, 0.25) is 23.6 Å². The molecule has 7 heteroatoms. The minimum atomic E-state index is -0.269. The van der Waals surface area contributed by atoms with Crippen molar-refractivity contribution in [2.75, 3.05) is 23.3 Å². The van der Waals surface area contributed by atoms with Gasteiger partial charge in [-0.3, -0.25) is 24.1 Å². The van der Waals surface area contributed by atoms with E-state index in [2.05, 4.69) is 5.32 Å². The van der Waals surface area contributed by atoms with Crippen LogP contribution in [-0.2, 0) is 19.2 Å². The molecule has 3 fully saturated rings. The molecule has 2 saturated heterocycles. The number of carbonyl (C=O) groups excluding carboxylic acids is 4. The van der Waals surface area contributed by atoms with Crippen molar-refractivity contribution < 1.29 is 19.2 Å². The topological polar surface area (TPSA) is 86.8 Å². The smallest absolute Gasteiger partial charge is 0.233 e. The quantitative estimate of drug-likeness (QED) is 0.791. The molecule has 1 aromatic carbocycles. The summed E-state index contributed by atoms with van der Waals surface area (Å²) in [7, 11) is 0. The number of anilines is 2. The lowest BCUT2D eigenvalue weighted by Gasteiger charge is -2.20. The molecule has 0 aromatic heterocycles. The van der Waals surface area contributed by atoms with Crippen molar-refractivity contribution in [1.82, 2.24) is 4.90 Å². The minimum absolute atomic E-state index is 0.0533. The van der Waals surface area contributed by atoms with Crippen molar-refractivity contribution in [2.45, 2.75) is 44.9 Å². The van der Waals surface area contributed by atoms with Crippen LogP contribution >= 0.6 is 0 Å². The van der Waals surface area contributed by atoms with E-state index in [4.69, 9.17) is 0 Å². The maximum absolute atomic E-state index is 12.5. The SMILES string of the molecule is O=C(CCN1C(=O)[C@H]2CCCC[C@H]2C1=O)Nc1ccccc1N1CCCC1=O. The lowest BCUT2D eigenvalue weighted by atomic mass is 9.81.